The fourth-order valence-electron chi connectivity index (χ4n) is 3.51. The molecule has 2 atom stereocenters. The summed E-state index contributed by atoms with van der Waals surface area (Å²) in [7, 11) is 0. The lowest BCUT2D eigenvalue weighted by molar-refractivity contribution is 0.0302. The van der Waals surface area contributed by atoms with E-state index in [0.29, 0.717) is 31.9 Å². The highest BCUT2D eigenvalue weighted by Crippen LogP contribution is 2.31. The number of anilines is 1. The molecule has 2 heterocycles. The lowest BCUT2D eigenvalue weighted by atomic mass is 10.1. The number of ether oxygens (including phenoxy) is 1. The number of nitrogens with two attached hydrogens (primary N) is 1. The molecule has 0 radical (unpaired) electrons. The molecule has 1 aliphatic heterocycles. The maximum absolute atomic E-state index is 12.4. The van der Waals surface area contributed by atoms with E-state index in [-0.39, 0.29) is 18.0 Å². The number of rotatable bonds is 3. The molecule has 6 nitrogen and oxygen atoms in total. The van der Waals surface area contributed by atoms with Crippen molar-refractivity contribution in [3.05, 3.63) is 59.3 Å². The summed E-state index contributed by atoms with van der Waals surface area (Å²) in [6.45, 7) is 2.46. The van der Waals surface area contributed by atoms with E-state index >= 15 is 0 Å². The van der Waals surface area contributed by atoms with Crippen LogP contribution < -0.4 is 11.1 Å². The number of carbonyl (C=O) groups excluding carboxylic acids is 1. The Morgan fingerprint density at radius 2 is 2.00 bits per heavy atom. The minimum Gasteiger partial charge on any atom is -0.378 e. The third kappa shape index (κ3) is 3.23. The van der Waals surface area contributed by atoms with Gasteiger partial charge in [-0.3, -0.25) is 4.79 Å². The minimum atomic E-state index is -0.0485. The molecule has 2 aromatic rings. The van der Waals surface area contributed by atoms with E-state index in [1.165, 1.54) is 11.1 Å². The fourth-order valence-corrected chi connectivity index (χ4v) is 3.51. The molecule has 3 N–H and O–H groups in total. The Kier molecular flexibility index (Phi) is 4.38. The molecule has 0 spiro atoms. The number of fused-ring (bicyclic) bond motifs is 1. The van der Waals surface area contributed by atoms with Crippen LogP contribution in [0.5, 0.6) is 0 Å². The second-order valence-electron chi connectivity index (χ2n) is 6.52. The van der Waals surface area contributed by atoms with Crippen LogP contribution in [0.1, 0.15) is 27.5 Å². The molecule has 1 aromatic carbocycles. The molecule has 25 heavy (non-hydrogen) atoms. The summed E-state index contributed by atoms with van der Waals surface area (Å²) >= 11 is 0. The standard InChI is InChI=1S/C19H22N4O2/c20-18-15-4-2-1-3-13(15)11-16(18)22-17-6-5-14(12-21-17)19(24)23-7-9-25-10-8-23/h1-6,12,16,18H,7-11,20H2,(H,21,22)/t16-,18-/m1/s1. The van der Waals surface area contributed by atoms with Crippen LogP contribution in [0, 0.1) is 0 Å². The van der Waals surface area contributed by atoms with Gasteiger partial charge in [-0.15, -0.1) is 0 Å². The number of morpholine rings is 1. The number of nitrogens with zero attached hydrogens (tertiary/aromatic N) is 2. The number of nitrogens with one attached hydrogen (secondary N) is 1. The first-order chi connectivity index (χ1) is 12.2. The first-order valence-electron chi connectivity index (χ1n) is 8.65. The van der Waals surface area contributed by atoms with Gasteiger partial charge in [0.25, 0.3) is 5.91 Å². The predicted molar refractivity (Wildman–Crippen MR) is 95.4 cm³/mol. The minimum absolute atomic E-state index is 0.00678. The highest BCUT2D eigenvalue weighted by Gasteiger charge is 2.29. The highest BCUT2D eigenvalue weighted by molar-refractivity contribution is 5.94. The van der Waals surface area contributed by atoms with E-state index in [0.717, 1.165) is 12.2 Å². The number of hydrogen-bond acceptors (Lipinski definition) is 5. The second kappa shape index (κ2) is 6.82. The fraction of sp³-hybridized carbons (Fsp3) is 0.368. The summed E-state index contributed by atoms with van der Waals surface area (Å²) in [6, 6.07) is 12.0. The molecule has 0 unspecified atom stereocenters. The van der Waals surface area contributed by atoms with Gasteiger partial charge in [-0.25, -0.2) is 4.98 Å². The Morgan fingerprint density at radius 1 is 1.20 bits per heavy atom. The Balaban J connectivity index is 1.42. The van der Waals surface area contributed by atoms with Gasteiger partial charge >= 0.3 is 0 Å². The molecule has 2 aliphatic rings. The van der Waals surface area contributed by atoms with Gasteiger partial charge in [0.15, 0.2) is 0 Å². The van der Waals surface area contributed by atoms with Crippen molar-refractivity contribution in [2.45, 2.75) is 18.5 Å². The van der Waals surface area contributed by atoms with Gasteiger partial charge in [0.1, 0.15) is 5.82 Å². The summed E-state index contributed by atoms with van der Waals surface area (Å²) in [5.41, 5.74) is 9.43. The predicted octanol–water partition coefficient (Wildman–Crippen LogP) is 1.59. The van der Waals surface area contributed by atoms with E-state index in [1.54, 1.807) is 11.1 Å². The van der Waals surface area contributed by atoms with E-state index in [2.05, 4.69) is 22.4 Å². The first kappa shape index (κ1) is 16.1. The largest absolute Gasteiger partial charge is 0.378 e. The molecule has 1 amide bonds. The van der Waals surface area contributed by atoms with Crippen LogP contribution in [0.15, 0.2) is 42.6 Å². The Hall–Kier alpha value is -2.44. The zero-order valence-corrected chi connectivity index (χ0v) is 14.0. The van der Waals surface area contributed by atoms with Gasteiger partial charge in [0.2, 0.25) is 0 Å². The van der Waals surface area contributed by atoms with Crippen LogP contribution in [0.25, 0.3) is 0 Å². The molecule has 1 aromatic heterocycles. The van der Waals surface area contributed by atoms with Crippen molar-refractivity contribution in [1.29, 1.82) is 0 Å². The topological polar surface area (TPSA) is 80.5 Å². The third-order valence-electron chi connectivity index (χ3n) is 4.93. The van der Waals surface area contributed by atoms with Crippen LogP contribution in [0.3, 0.4) is 0 Å². The molecule has 0 saturated carbocycles. The normalized spacial score (nSPS) is 22.5. The van der Waals surface area contributed by atoms with Crippen molar-refractivity contribution in [3.63, 3.8) is 0 Å². The Bertz CT molecular complexity index is 756. The lowest BCUT2D eigenvalue weighted by Gasteiger charge is -2.26. The van der Waals surface area contributed by atoms with E-state index in [9.17, 15) is 4.79 Å². The van der Waals surface area contributed by atoms with Crippen molar-refractivity contribution in [1.82, 2.24) is 9.88 Å². The molecule has 130 valence electrons. The number of hydrogen-bond donors (Lipinski definition) is 2. The van der Waals surface area contributed by atoms with Crippen molar-refractivity contribution < 1.29 is 9.53 Å². The molecule has 0 bridgehead atoms. The number of aromatic nitrogens is 1. The average molecular weight is 338 g/mol. The number of carbonyl (C=O) groups is 1. The highest BCUT2D eigenvalue weighted by atomic mass is 16.5. The third-order valence-corrected chi connectivity index (χ3v) is 4.93. The van der Waals surface area contributed by atoms with Gasteiger partial charge in [-0.1, -0.05) is 24.3 Å². The van der Waals surface area contributed by atoms with E-state index in [1.807, 2.05) is 24.3 Å². The number of pyridine rings is 1. The smallest absolute Gasteiger partial charge is 0.255 e. The van der Waals surface area contributed by atoms with Gasteiger partial charge in [0.05, 0.1) is 30.9 Å². The molecule has 1 fully saturated rings. The van der Waals surface area contributed by atoms with E-state index < -0.39 is 0 Å². The number of benzene rings is 1. The molecular formula is C19H22N4O2. The van der Waals surface area contributed by atoms with Crippen molar-refractivity contribution in [3.8, 4) is 0 Å². The zero-order chi connectivity index (χ0) is 17.2. The van der Waals surface area contributed by atoms with Gasteiger partial charge < -0.3 is 20.7 Å². The maximum Gasteiger partial charge on any atom is 0.255 e. The van der Waals surface area contributed by atoms with Crippen LogP contribution in [0.2, 0.25) is 0 Å². The lowest BCUT2D eigenvalue weighted by Crippen LogP contribution is -2.40. The average Bonchev–Trinajstić information content (AvgIpc) is 2.98. The molecule has 4 rings (SSSR count). The quantitative estimate of drug-likeness (QED) is 0.888. The number of amides is 1. The summed E-state index contributed by atoms with van der Waals surface area (Å²) in [6.07, 6.45) is 2.52. The second-order valence-corrected chi connectivity index (χ2v) is 6.52. The molecule has 1 saturated heterocycles. The first-order valence-corrected chi connectivity index (χ1v) is 8.65. The molecular weight excluding hydrogens is 316 g/mol. The van der Waals surface area contributed by atoms with Crippen molar-refractivity contribution in [2.24, 2.45) is 5.73 Å². The monoisotopic (exact) mass is 338 g/mol. The Morgan fingerprint density at radius 3 is 2.72 bits per heavy atom. The van der Waals surface area contributed by atoms with Gasteiger partial charge in [0, 0.05) is 19.3 Å². The summed E-state index contributed by atoms with van der Waals surface area (Å²) < 4.78 is 5.28. The van der Waals surface area contributed by atoms with Gasteiger partial charge in [-0.2, -0.15) is 0 Å². The SMILES string of the molecule is N[C@@H]1c2ccccc2C[C@H]1Nc1ccc(C(=O)N2CCOCC2)cn1. The van der Waals surface area contributed by atoms with Crippen LogP contribution >= 0.6 is 0 Å². The van der Waals surface area contributed by atoms with Gasteiger partial charge in [-0.05, 0) is 29.7 Å². The summed E-state index contributed by atoms with van der Waals surface area (Å²) in [5, 5.41) is 3.40. The van der Waals surface area contributed by atoms with Crippen molar-refractivity contribution in [2.75, 3.05) is 31.6 Å². The van der Waals surface area contributed by atoms with Crippen LogP contribution in [0.4, 0.5) is 5.82 Å². The van der Waals surface area contributed by atoms with E-state index in [4.69, 9.17) is 10.5 Å². The maximum atomic E-state index is 12.4. The van der Waals surface area contributed by atoms with Crippen molar-refractivity contribution >= 4 is 11.7 Å². The summed E-state index contributed by atoms with van der Waals surface area (Å²) in [5.74, 6) is 0.749. The molecule has 6 heteroatoms. The molecule has 1 aliphatic carbocycles. The zero-order valence-electron chi connectivity index (χ0n) is 14.0. The Labute approximate surface area is 147 Å². The van der Waals surface area contributed by atoms with Crippen LogP contribution in [-0.4, -0.2) is 48.1 Å². The van der Waals surface area contributed by atoms with Crippen LogP contribution in [-0.2, 0) is 11.2 Å². The summed E-state index contributed by atoms with van der Waals surface area (Å²) in [4.78, 5) is 18.7.